The molecule has 84 valence electrons. The van der Waals surface area contributed by atoms with Gasteiger partial charge in [-0.2, -0.15) is 0 Å². The van der Waals surface area contributed by atoms with Crippen molar-refractivity contribution >= 4 is 21.8 Å². The van der Waals surface area contributed by atoms with Crippen LogP contribution in [-0.4, -0.2) is 43.3 Å². The number of carbonyl (C=O) groups excluding carboxylic acids is 1. The minimum absolute atomic E-state index is 0.185. The molecule has 0 rings (SSSR count). The molecule has 0 fully saturated rings. The van der Waals surface area contributed by atoms with Crippen LogP contribution >= 0.6 is 15.9 Å². The number of unbranched alkanes of at least 4 members (excludes halogenated alkanes) is 1. The second-order valence-corrected chi connectivity index (χ2v) is 4.45. The highest BCUT2D eigenvalue weighted by Gasteiger charge is 1.99. The summed E-state index contributed by atoms with van der Waals surface area (Å²) in [6, 6.07) is 0. The van der Waals surface area contributed by atoms with Gasteiger partial charge in [-0.25, -0.2) is 0 Å². The van der Waals surface area contributed by atoms with Crippen molar-refractivity contribution in [2.45, 2.75) is 25.7 Å². The maximum absolute atomic E-state index is 11.2. The first-order chi connectivity index (χ1) is 6.66. The second kappa shape index (κ2) is 9.46. The summed E-state index contributed by atoms with van der Waals surface area (Å²) in [4.78, 5) is 13.3. The van der Waals surface area contributed by atoms with Crippen LogP contribution in [0.3, 0.4) is 0 Å². The van der Waals surface area contributed by atoms with Gasteiger partial charge >= 0.3 is 0 Å². The van der Waals surface area contributed by atoms with Crippen LogP contribution in [0.5, 0.6) is 0 Å². The fraction of sp³-hybridized carbons (Fsp3) is 0.900. The molecule has 0 bridgehead atoms. The Balaban J connectivity index is 3.18. The SMILES string of the molecule is CN(C)CCCNC(=O)CCCCBr. The van der Waals surface area contributed by atoms with E-state index in [1.807, 2.05) is 14.1 Å². The van der Waals surface area contributed by atoms with Gasteiger partial charge in [0.2, 0.25) is 5.91 Å². The monoisotopic (exact) mass is 264 g/mol. The molecule has 0 saturated heterocycles. The Morgan fingerprint density at radius 3 is 2.57 bits per heavy atom. The molecule has 0 unspecified atom stereocenters. The van der Waals surface area contributed by atoms with Crippen LogP contribution in [0.4, 0.5) is 0 Å². The van der Waals surface area contributed by atoms with E-state index in [1.165, 1.54) is 0 Å². The molecule has 0 aliphatic heterocycles. The first-order valence-corrected chi connectivity index (χ1v) is 6.26. The third-order valence-electron chi connectivity index (χ3n) is 1.89. The highest BCUT2D eigenvalue weighted by atomic mass is 79.9. The molecule has 0 aromatic heterocycles. The lowest BCUT2D eigenvalue weighted by atomic mass is 10.2. The number of nitrogens with one attached hydrogen (secondary N) is 1. The smallest absolute Gasteiger partial charge is 0.219 e. The van der Waals surface area contributed by atoms with E-state index in [0.29, 0.717) is 6.42 Å². The van der Waals surface area contributed by atoms with Crippen molar-refractivity contribution in [3.63, 3.8) is 0 Å². The Labute approximate surface area is 95.4 Å². The van der Waals surface area contributed by atoms with Crippen LogP contribution < -0.4 is 5.32 Å². The van der Waals surface area contributed by atoms with Crippen LogP contribution in [0.1, 0.15) is 25.7 Å². The average molecular weight is 265 g/mol. The Bertz CT molecular complexity index is 151. The van der Waals surface area contributed by atoms with Gasteiger partial charge in [-0.05, 0) is 39.9 Å². The predicted octanol–water partition coefficient (Wildman–Crippen LogP) is 1.62. The van der Waals surface area contributed by atoms with Gasteiger partial charge in [-0.1, -0.05) is 15.9 Å². The molecule has 0 aliphatic rings. The number of nitrogens with zero attached hydrogens (tertiary/aromatic N) is 1. The van der Waals surface area contributed by atoms with Crippen LogP contribution in [-0.2, 0) is 4.79 Å². The number of carbonyl (C=O) groups is 1. The van der Waals surface area contributed by atoms with Crippen LogP contribution in [0.25, 0.3) is 0 Å². The van der Waals surface area contributed by atoms with Gasteiger partial charge in [0.25, 0.3) is 0 Å². The molecular formula is C10H21BrN2O. The molecule has 1 amide bonds. The lowest BCUT2D eigenvalue weighted by molar-refractivity contribution is -0.121. The Morgan fingerprint density at radius 1 is 1.29 bits per heavy atom. The largest absolute Gasteiger partial charge is 0.356 e. The third-order valence-corrected chi connectivity index (χ3v) is 2.45. The van der Waals surface area contributed by atoms with Gasteiger partial charge < -0.3 is 10.2 Å². The van der Waals surface area contributed by atoms with Crippen molar-refractivity contribution < 1.29 is 4.79 Å². The Morgan fingerprint density at radius 2 is 2.00 bits per heavy atom. The highest BCUT2D eigenvalue weighted by Crippen LogP contribution is 1.98. The summed E-state index contributed by atoms with van der Waals surface area (Å²) in [5.41, 5.74) is 0. The van der Waals surface area contributed by atoms with Gasteiger partial charge in [-0.15, -0.1) is 0 Å². The fourth-order valence-corrected chi connectivity index (χ4v) is 1.49. The quantitative estimate of drug-likeness (QED) is 0.534. The van der Waals surface area contributed by atoms with Crippen LogP contribution in [0, 0.1) is 0 Å². The predicted molar refractivity (Wildman–Crippen MR) is 63.8 cm³/mol. The summed E-state index contributed by atoms with van der Waals surface area (Å²) in [6.45, 7) is 1.83. The van der Waals surface area contributed by atoms with Crippen molar-refractivity contribution in [3.05, 3.63) is 0 Å². The van der Waals surface area contributed by atoms with E-state index in [4.69, 9.17) is 0 Å². The second-order valence-electron chi connectivity index (χ2n) is 3.65. The lowest BCUT2D eigenvalue weighted by Gasteiger charge is -2.09. The Hall–Kier alpha value is -0.0900. The van der Waals surface area contributed by atoms with E-state index in [2.05, 4.69) is 26.1 Å². The summed E-state index contributed by atoms with van der Waals surface area (Å²) < 4.78 is 0. The van der Waals surface area contributed by atoms with Gasteiger partial charge in [0, 0.05) is 18.3 Å². The first-order valence-electron chi connectivity index (χ1n) is 5.14. The molecule has 0 saturated carbocycles. The minimum atomic E-state index is 0.185. The van der Waals surface area contributed by atoms with Gasteiger partial charge in [0.05, 0.1) is 0 Å². The molecule has 0 aromatic carbocycles. The normalized spacial score (nSPS) is 10.6. The van der Waals surface area contributed by atoms with Crippen molar-refractivity contribution in [1.82, 2.24) is 10.2 Å². The number of rotatable bonds is 8. The van der Waals surface area contributed by atoms with Gasteiger partial charge in [-0.3, -0.25) is 4.79 Å². The van der Waals surface area contributed by atoms with Crippen LogP contribution in [0.15, 0.2) is 0 Å². The maximum atomic E-state index is 11.2. The molecule has 0 atom stereocenters. The van der Waals surface area contributed by atoms with Gasteiger partial charge in [0.1, 0.15) is 0 Å². The molecule has 0 spiro atoms. The van der Waals surface area contributed by atoms with Crippen molar-refractivity contribution in [2.75, 3.05) is 32.5 Å². The molecule has 1 N–H and O–H groups in total. The molecule has 0 radical (unpaired) electrons. The van der Waals surface area contributed by atoms with Crippen molar-refractivity contribution in [2.24, 2.45) is 0 Å². The highest BCUT2D eigenvalue weighted by molar-refractivity contribution is 9.09. The summed E-state index contributed by atoms with van der Waals surface area (Å²) in [7, 11) is 4.08. The number of alkyl halides is 1. The van der Waals surface area contributed by atoms with E-state index in [-0.39, 0.29) is 5.91 Å². The standard InChI is InChI=1S/C10H21BrN2O/c1-13(2)9-5-8-12-10(14)6-3-4-7-11/h3-9H2,1-2H3,(H,12,14). The zero-order valence-electron chi connectivity index (χ0n) is 9.18. The number of hydrogen-bond acceptors (Lipinski definition) is 2. The first kappa shape index (κ1) is 13.9. The molecule has 0 heterocycles. The zero-order valence-corrected chi connectivity index (χ0v) is 10.8. The summed E-state index contributed by atoms with van der Waals surface area (Å²) in [5.74, 6) is 0.185. The van der Waals surface area contributed by atoms with Crippen molar-refractivity contribution in [1.29, 1.82) is 0 Å². The lowest BCUT2D eigenvalue weighted by Crippen LogP contribution is -2.26. The topological polar surface area (TPSA) is 32.3 Å². The van der Waals surface area contributed by atoms with Gasteiger partial charge in [0.15, 0.2) is 0 Å². The summed E-state index contributed by atoms with van der Waals surface area (Å²) in [5, 5.41) is 3.90. The van der Waals surface area contributed by atoms with E-state index in [1.54, 1.807) is 0 Å². The maximum Gasteiger partial charge on any atom is 0.219 e. The summed E-state index contributed by atoms with van der Waals surface area (Å²) in [6.07, 6.45) is 3.74. The Kier molecular flexibility index (Phi) is 9.40. The van der Waals surface area contributed by atoms with E-state index < -0.39 is 0 Å². The summed E-state index contributed by atoms with van der Waals surface area (Å²) >= 11 is 3.34. The third kappa shape index (κ3) is 9.99. The van der Waals surface area contributed by atoms with E-state index in [0.717, 1.165) is 37.7 Å². The number of halogens is 1. The molecular weight excluding hydrogens is 244 g/mol. The molecule has 4 heteroatoms. The number of hydrogen-bond donors (Lipinski definition) is 1. The zero-order chi connectivity index (χ0) is 10.8. The molecule has 0 aromatic rings. The fourth-order valence-electron chi connectivity index (χ4n) is 1.09. The minimum Gasteiger partial charge on any atom is -0.356 e. The van der Waals surface area contributed by atoms with Crippen LogP contribution in [0.2, 0.25) is 0 Å². The molecule has 3 nitrogen and oxygen atoms in total. The van der Waals surface area contributed by atoms with E-state index >= 15 is 0 Å². The molecule has 0 aliphatic carbocycles. The van der Waals surface area contributed by atoms with Crippen molar-refractivity contribution in [3.8, 4) is 0 Å². The average Bonchev–Trinajstić information content (AvgIpc) is 2.13. The van der Waals surface area contributed by atoms with E-state index in [9.17, 15) is 4.79 Å². The number of amides is 1. The molecule has 14 heavy (non-hydrogen) atoms.